The van der Waals surface area contributed by atoms with Crippen molar-refractivity contribution in [2.75, 3.05) is 0 Å². The molecule has 3 aromatic rings. The molecule has 5 nitrogen and oxygen atoms in total. The van der Waals surface area contributed by atoms with E-state index in [4.69, 9.17) is 16.0 Å². The lowest BCUT2D eigenvalue weighted by Gasteiger charge is -2.22. The summed E-state index contributed by atoms with van der Waals surface area (Å²) in [5.41, 5.74) is 2.13. The fourth-order valence-electron chi connectivity index (χ4n) is 2.52. The minimum absolute atomic E-state index is 0.300. The molecule has 0 bridgehead atoms. The van der Waals surface area contributed by atoms with Gasteiger partial charge in [-0.05, 0) is 44.5 Å². The van der Waals surface area contributed by atoms with Crippen LogP contribution in [0.3, 0.4) is 0 Å². The third-order valence-corrected chi connectivity index (χ3v) is 4.06. The number of nitrogens with zero attached hydrogens (tertiary/aromatic N) is 2. The van der Waals surface area contributed by atoms with Gasteiger partial charge in [0.05, 0.1) is 11.9 Å². The maximum atomic E-state index is 12.6. The standard InChI is InChI=1S/C19H18ClN3O2/c1-12-7-8-15(22-16(12)13-5-4-6-14(20)11-13)17(24)23-19(2,3)18-21-9-10-25-18/h4-11H,1-3H3,(H,23,24). The summed E-state index contributed by atoms with van der Waals surface area (Å²) in [7, 11) is 0. The predicted molar refractivity (Wildman–Crippen MR) is 96.4 cm³/mol. The number of aromatic nitrogens is 2. The van der Waals surface area contributed by atoms with Crippen molar-refractivity contribution in [1.82, 2.24) is 15.3 Å². The lowest BCUT2D eigenvalue weighted by Crippen LogP contribution is -2.41. The Labute approximate surface area is 151 Å². The average Bonchev–Trinajstić information content (AvgIpc) is 3.10. The number of hydrogen-bond donors (Lipinski definition) is 1. The van der Waals surface area contributed by atoms with Crippen molar-refractivity contribution < 1.29 is 9.21 Å². The molecule has 2 aromatic heterocycles. The molecule has 2 heterocycles. The van der Waals surface area contributed by atoms with Crippen LogP contribution in [0, 0.1) is 6.92 Å². The number of pyridine rings is 1. The quantitative estimate of drug-likeness (QED) is 0.754. The molecule has 0 aliphatic rings. The van der Waals surface area contributed by atoms with Gasteiger partial charge in [-0.3, -0.25) is 4.79 Å². The molecular weight excluding hydrogens is 338 g/mol. The predicted octanol–water partition coefficient (Wildman–Crippen LogP) is 4.36. The van der Waals surface area contributed by atoms with E-state index in [9.17, 15) is 4.79 Å². The molecule has 1 aromatic carbocycles. The normalized spacial score (nSPS) is 11.4. The summed E-state index contributed by atoms with van der Waals surface area (Å²) in [6, 6.07) is 11.0. The SMILES string of the molecule is Cc1ccc(C(=O)NC(C)(C)c2ncco2)nc1-c1cccc(Cl)c1. The molecular formula is C19H18ClN3O2. The van der Waals surface area contributed by atoms with Crippen LogP contribution in [0.15, 0.2) is 53.3 Å². The van der Waals surface area contributed by atoms with Crippen LogP contribution in [-0.2, 0) is 5.54 Å². The molecule has 0 radical (unpaired) electrons. The van der Waals surface area contributed by atoms with Crippen LogP contribution < -0.4 is 5.32 Å². The zero-order valence-electron chi connectivity index (χ0n) is 14.2. The Morgan fingerprint density at radius 2 is 2.04 bits per heavy atom. The molecule has 6 heteroatoms. The number of oxazole rings is 1. The second kappa shape index (κ2) is 6.69. The highest BCUT2D eigenvalue weighted by molar-refractivity contribution is 6.30. The Hall–Kier alpha value is -2.66. The number of benzene rings is 1. The van der Waals surface area contributed by atoms with Gasteiger partial charge < -0.3 is 9.73 Å². The van der Waals surface area contributed by atoms with E-state index in [0.717, 1.165) is 16.8 Å². The molecule has 1 N–H and O–H groups in total. The number of halogens is 1. The van der Waals surface area contributed by atoms with Crippen LogP contribution in [-0.4, -0.2) is 15.9 Å². The first kappa shape index (κ1) is 17.2. The van der Waals surface area contributed by atoms with Crippen molar-refractivity contribution >= 4 is 17.5 Å². The van der Waals surface area contributed by atoms with Gasteiger partial charge in [0.1, 0.15) is 17.5 Å². The van der Waals surface area contributed by atoms with Crippen LogP contribution >= 0.6 is 11.6 Å². The van der Waals surface area contributed by atoms with Crippen LogP contribution in [0.25, 0.3) is 11.3 Å². The highest BCUT2D eigenvalue weighted by atomic mass is 35.5. The van der Waals surface area contributed by atoms with Crippen LogP contribution in [0.5, 0.6) is 0 Å². The summed E-state index contributed by atoms with van der Waals surface area (Å²) in [5, 5.41) is 3.52. The van der Waals surface area contributed by atoms with Gasteiger partial charge in [-0.25, -0.2) is 9.97 Å². The Kier molecular flexibility index (Phi) is 4.59. The van der Waals surface area contributed by atoms with E-state index in [1.54, 1.807) is 18.3 Å². The van der Waals surface area contributed by atoms with Crippen LogP contribution in [0.1, 0.15) is 35.8 Å². The summed E-state index contributed by atoms with van der Waals surface area (Å²) < 4.78 is 5.30. The first-order chi connectivity index (χ1) is 11.9. The molecule has 3 rings (SSSR count). The van der Waals surface area contributed by atoms with Crippen molar-refractivity contribution in [3.63, 3.8) is 0 Å². The molecule has 25 heavy (non-hydrogen) atoms. The van der Waals surface area contributed by atoms with Gasteiger partial charge in [-0.1, -0.05) is 29.8 Å². The number of carbonyl (C=O) groups is 1. The highest BCUT2D eigenvalue weighted by Crippen LogP contribution is 2.25. The fraction of sp³-hybridized carbons (Fsp3) is 0.211. The van der Waals surface area contributed by atoms with Crippen LogP contribution in [0.4, 0.5) is 0 Å². The van der Waals surface area contributed by atoms with Crippen molar-refractivity contribution in [1.29, 1.82) is 0 Å². The second-order valence-corrected chi connectivity index (χ2v) is 6.73. The van der Waals surface area contributed by atoms with E-state index >= 15 is 0 Å². The molecule has 0 atom stereocenters. The first-order valence-electron chi connectivity index (χ1n) is 7.83. The number of nitrogens with one attached hydrogen (secondary N) is 1. The fourth-order valence-corrected chi connectivity index (χ4v) is 2.71. The average molecular weight is 356 g/mol. The Balaban J connectivity index is 1.90. The van der Waals surface area contributed by atoms with Gasteiger partial charge in [0.2, 0.25) is 5.89 Å². The first-order valence-corrected chi connectivity index (χ1v) is 8.21. The number of amides is 1. The molecule has 0 unspecified atom stereocenters. The smallest absolute Gasteiger partial charge is 0.270 e. The summed E-state index contributed by atoms with van der Waals surface area (Å²) in [6.45, 7) is 5.59. The summed E-state index contributed by atoms with van der Waals surface area (Å²) in [6.07, 6.45) is 3.02. The number of carbonyl (C=O) groups excluding carboxylic acids is 1. The van der Waals surface area contributed by atoms with Crippen molar-refractivity contribution in [3.8, 4) is 11.3 Å². The molecule has 0 fully saturated rings. The van der Waals surface area contributed by atoms with E-state index < -0.39 is 5.54 Å². The van der Waals surface area contributed by atoms with Gasteiger partial charge in [0.25, 0.3) is 5.91 Å². The number of hydrogen-bond acceptors (Lipinski definition) is 4. The van der Waals surface area contributed by atoms with Crippen molar-refractivity contribution in [2.45, 2.75) is 26.3 Å². The summed E-state index contributed by atoms with van der Waals surface area (Å²) >= 11 is 6.07. The van der Waals surface area contributed by atoms with E-state index in [1.165, 1.54) is 6.26 Å². The van der Waals surface area contributed by atoms with Crippen molar-refractivity contribution in [2.24, 2.45) is 0 Å². The lowest BCUT2D eigenvalue weighted by molar-refractivity contribution is 0.0893. The largest absolute Gasteiger partial charge is 0.446 e. The molecule has 0 aliphatic carbocycles. The van der Waals surface area contributed by atoms with E-state index in [-0.39, 0.29) is 5.91 Å². The maximum absolute atomic E-state index is 12.6. The lowest BCUT2D eigenvalue weighted by atomic mass is 10.0. The molecule has 1 amide bonds. The minimum Gasteiger partial charge on any atom is -0.446 e. The Morgan fingerprint density at radius 3 is 2.72 bits per heavy atom. The monoisotopic (exact) mass is 355 g/mol. The number of aryl methyl sites for hydroxylation is 1. The number of rotatable bonds is 4. The topological polar surface area (TPSA) is 68.0 Å². The van der Waals surface area contributed by atoms with Crippen LogP contribution in [0.2, 0.25) is 5.02 Å². The van der Waals surface area contributed by atoms with E-state index in [1.807, 2.05) is 45.0 Å². The second-order valence-electron chi connectivity index (χ2n) is 6.29. The molecule has 0 spiro atoms. The molecule has 128 valence electrons. The van der Waals surface area contributed by atoms with Gasteiger partial charge >= 0.3 is 0 Å². The van der Waals surface area contributed by atoms with E-state index in [2.05, 4.69) is 15.3 Å². The Morgan fingerprint density at radius 1 is 1.24 bits per heavy atom. The molecule has 0 saturated carbocycles. The van der Waals surface area contributed by atoms with Crippen molar-refractivity contribution in [3.05, 3.63) is 71.0 Å². The third-order valence-electron chi connectivity index (χ3n) is 3.82. The third kappa shape index (κ3) is 3.72. The van der Waals surface area contributed by atoms with Gasteiger partial charge in [0, 0.05) is 10.6 Å². The summed E-state index contributed by atoms with van der Waals surface area (Å²) in [5.74, 6) is 0.134. The van der Waals surface area contributed by atoms with E-state index in [0.29, 0.717) is 16.6 Å². The highest BCUT2D eigenvalue weighted by Gasteiger charge is 2.28. The van der Waals surface area contributed by atoms with Gasteiger partial charge in [0.15, 0.2) is 0 Å². The van der Waals surface area contributed by atoms with Gasteiger partial charge in [-0.2, -0.15) is 0 Å². The molecule has 0 saturated heterocycles. The zero-order valence-corrected chi connectivity index (χ0v) is 15.0. The Bertz CT molecular complexity index is 905. The minimum atomic E-state index is -0.747. The molecule has 0 aliphatic heterocycles. The zero-order chi connectivity index (χ0) is 18.0. The summed E-state index contributed by atoms with van der Waals surface area (Å²) in [4.78, 5) is 21.3. The van der Waals surface area contributed by atoms with Gasteiger partial charge in [-0.15, -0.1) is 0 Å². The maximum Gasteiger partial charge on any atom is 0.270 e.